The van der Waals surface area contributed by atoms with Crippen LogP contribution < -0.4 is 14.2 Å². The third-order valence-electron chi connectivity index (χ3n) is 4.29. The van der Waals surface area contributed by atoms with Crippen LogP contribution in [0.2, 0.25) is 0 Å². The van der Waals surface area contributed by atoms with Crippen molar-refractivity contribution < 1.29 is 19.3 Å². The highest BCUT2D eigenvalue weighted by Gasteiger charge is 2.46. The van der Waals surface area contributed by atoms with Crippen molar-refractivity contribution in [1.82, 2.24) is 0 Å². The Hall–Kier alpha value is -2.98. The summed E-state index contributed by atoms with van der Waals surface area (Å²) >= 11 is 0. The number of rotatable bonds is 4. The van der Waals surface area contributed by atoms with Gasteiger partial charge in [0.1, 0.15) is 0 Å². The third kappa shape index (κ3) is 2.51. The maximum absolute atomic E-state index is 9.50. The fourth-order valence-electron chi connectivity index (χ4n) is 3.09. The molecule has 3 aromatic rings. The van der Waals surface area contributed by atoms with Gasteiger partial charge >= 0.3 is 5.79 Å². The predicted molar refractivity (Wildman–Crippen MR) is 93.8 cm³/mol. The van der Waals surface area contributed by atoms with Gasteiger partial charge in [-0.15, -0.1) is 0 Å². The van der Waals surface area contributed by atoms with E-state index in [1.54, 1.807) is 19.2 Å². The van der Waals surface area contributed by atoms with Gasteiger partial charge in [-0.3, -0.25) is 0 Å². The Labute approximate surface area is 146 Å². The van der Waals surface area contributed by atoms with E-state index < -0.39 is 5.79 Å². The van der Waals surface area contributed by atoms with Gasteiger partial charge in [0.05, 0.1) is 13.7 Å². The van der Waals surface area contributed by atoms with Gasteiger partial charge < -0.3 is 19.3 Å². The second-order valence-corrected chi connectivity index (χ2v) is 5.84. The molecule has 4 rings (SSSR count). The minimum atomic E-state index is -1.09. The maximum atomic E-state index is 9.50. The standard InChI is InChI=1S/C21H18O4/c1-23-18-12-15(14-22)13-19-20(18)25-21(24-19,16-8-4-2-5-9-16)17-10-6-3-7-11-17/h2-13,22H,14H2,1H3. The summed E-state index contributed by atoms with van der Waals surface area (Å²) in [5, 5.41) is 9.50. The van der Waals surface area contributed by atoms with E-state index in [2.05, 4.69) is 0 Å². The molecule has 0 fully saturated rings. The Morgan fingerprint density at radius 2 is 1.48 bits per heavy atom. The molecule has 4 nitrogen and oxygen atoms in total. The van der Waals surface area contributed by atoms with E-state index in [1.807, 2.05) is 60.7 Å². The SMILES string of the molecule is COc1cc(CO)cc2c1OC(c1ccccc1)(c1ccccc1)O2. The van der Waals surface area contributed by atoms with Crippen LogP contribution in [-0.2, 0) is 12.4 Å². The van der Waals surface area contributed by atoms with Crippen LogP contribution in [0.1, 0.15) is 16.7 Å². The van der Waals surface area contributed by atoms with Gasteiger partial charge in [-0.05, 0) is 17.7 Å². The first-order chi connectivity index (χ1) is 12.3. The number of fused-ring (bicyclic) bond motifs is 1. The number of methoxy groups -OCH3 is 1. The maximum Gasteiger partial charge on any atom is 0.305 e. The number of hydrogen-bond acceptors (Lipinski definition) is 4. The van der Waals surface area contributed by atoms with Crippen molar-refractivity contribution in [2.75, 3.05) is 7.11 Å². The second kappa shape index (κ2) is 6.15. The molecule has 1 N–H and O–H groups in total. The molecule has 0 amide bonds. The number of benzene rings is 3. The highest BCUT2D eigenvalue weighted by molar-refractivity contribution is 5.58. The number of aliphatic hydroxyl groups is 1. The van der Waals surface area contributed by atoms with Crippen molar-refractivity contribution in [1.29, 1.82) is 0 Å². The zero-order valence-electron chi connectivity index (χ0n) is 13.8. The van der Waals surface area contributed by atoms with E-state index >= 15 is 0 Å². The summed E-state index contributed by atoms with van der Waals surface area (Å²) in [5.74, 6) is 0.533. The van der Waals surface area contributed by atoms with Crippen molar-refractivity contribution >= 4 is 0 Å². The van der Waals surface area contributed by atoms with E-state index in [1.165, 1.54) is 0 Å². The molecule has 126 valence electrons. The van der Waals surface area contributed by atoms with Crippen LogP contribution in [0.15, 0.2) is 72.8 Å². The van der Waals surface area contributed by atoms with Crippen molar-refractivity contribution in [3.05, 3.63) is 89.5 Å². The summed E-state index contributed by atoms with van der Waals surface area (Å²) in [7, 11) is 1.57. The first kappa shape index (κ1) is 15.5. The van der Waals surface area contributed by atoms with Crippen LogP contribution >= 0.6 is 0 Å². The summed E-state index contributed by atoms with van der Waals surface area (Å²) < 4.78 is 18.1. The molecule has 0 saturated carbocycles. The zero-order valence-corrected chi connectivity index (χ0v) is 13.8. The van der Waals surface area contributed by atoms with E-state index in [0.717, 1.165) is 11.1 Å². The molecule has 1 heterocycles. The topological polar surface area (TPSA) is 47.9 Å². The first-order valence-corrected chi connectivity index (χ1v) is 8.07. The Bertz CT molecular complexity index is 836. The lowest BCUT2D eigenvalue weighted by Gasteiger charge is -2.28. The molecule has 0 bridgehead atoms. The fraction of sp³-hybridized carbons (Fsp3) is 0.143. The highest BCUT2D eigenvalue weighted by Crippen LogP contribution is 2.52. The molecule has 0 saturated heterocycles. The summed E-state index contributed by atoms with van der Waals surface area (Å²) in [6, 6.07) is 23.1. The monoisotopic (exact) mass is 334 g/mol. The molecule has 0 aromatic heterocycles. The molecule has 0 atom stereocenters. The Morgan fingerprint density at radius 3 is 2.00 bits per heavy atom. The predicted octanol–water partition coefficient (Wildman–Crippen LogP) is 3.86. The summed E-state index contributed by atoms with van der Waals surface area (Å²) in [5.41, 5.74) is 2.46. The van der Waals surface area contributed by atoms with Gasteiger partial charge in [-0.25, -0.2) is 0 Å². The third-order valence-corrected chi connectivity index (χ3v) is 4.29. The number of hydrogen-bond donors (Lipinski definition) is 1. The summed E-state index contributed by atoms with van der Waals surface area (Å²) in [6.45, 7) is -0.101. The van der Waals surface area contributed by atoms with Crippen molar-refractivity contribution in [2.24, 2.45) is 0 Å². The Balaban J connectivity index is 1.90. The Kier molecular flexibility index (Phi) is 3.82. The molecule has 0 aliphatic carbocycles. The van der Waals surface area contributed by atoms with Gasteiger partial charge in [0, 0.05) is 11.1 Å². The van der Waals surface area contributed by atoms with Gasteiger partial charge in [-0.1, -0.05) is 60.7 Å². The van der Waals surface area contributed by atoms with Crippen LogP contribution in [0.3, 0.4) is 0 Å². The lowest BCUT2D eigenvalue weighted by Crippen LogP contribution is -2.36. The molecule has 0 radical (unpaired) electrons. The molecule has 1 aliphatic rings. The average Bonchev–Trinajstić information content (AvgIpc) is 3.09. The van der Waals surface area contributed by atoms with E-state index in [9.17, 15) is 5.11 Å². The lowest BCUT2D eigenvalue weighted by molar-refractivity contribution is -0.0467. The first-order valence-electron chi connectivity index (χ1n) is 8.07. The van der Waals surface area contributed by atoms with Gasteiger partial charge in [-0.2, -0.15) is 0 Å². The molecule has 0 unspecified atom stereocenters. The normalized spacial score (nSPS) is 14.3. The van der Waals surface area contributed by atoms with Crippen LogP contribution in [0.4, 0.5) is 0 Å². The van der Waals surface area contributed by atoms with Crippen molar-refractivity contribution in [2.45, 2.75) is 12.4 Å². The van der Waals surface area contributed by atoms with E-state index in [-0.39, 0.29) is 6.61 Å². The van der Waals surface area contributed by atoms with Gasteiger partial charge in [0.2, 0.25) is 5.75 Å². The van der Waals surface area contributed by atoms with Crippen LogP contribution in [0.5, 0.6) is 17.2 Å². The van der Waals surface area contributed by atoms with E-state index in [4.69, 9.17) is 14.2 Å². The molecule has 4 heteroatoms. The minimum Gasteiger partial charge on any atom is -0.493 e. The largest absolute Gasteiger partial charge is 0.493 e. The summed E-state index contributed by atoms with van der Waals surface area (Å²) in [6.07, 6.45) is 0. The molecule has 1 aliphatic heterocycles. The van der Waals surface area contributed by atoms with Gasteiger partial charge in [0.25, 0.3) is 0 Å². The van der Waals surface area contributed by atoms with Crippen LogP contribution in [-0.4, -0.2) is 12.2 Å². The molecule has 0 spiro atoms. The molecular weight excluding hydrogens is 316 g/mol. The fourth-order valence-corrected chi connectivity index (χ4v) is 3.09. The molecular formula is C21H18O4. The van der Waals surface area contributed by atoms with Crippen LogP contribution in [0, 0.1) is 0 Å². The van der Waals surface area contributed by atoms with Crippen LogP contribution in [0.25, 0.3) is 0 Å². The zero-order chi connectivity index (χ0) is 17.3. The quantitative estimate of drug-likeness (QED) is 0.787. The number of ether oxygens (including phenoxy) is 3. The van der Waals surface area contributed by atoms with Crippen molar-refractivity contribution in [3.8, 4) is 17.2 Å². The second-order valence-electron chi connectivity index (χ2n) is 5.84. The highest BCUT2D eigenvalue weighted by atomic mass is 16.7. The smallest absolute Gasteiger partial charge is 0.305 e. The molecule has 25 heavy (non-hydrogen) atoms. The molecule has 3 aromatic carbocycles. The van der Waals surface area contributed by atoms with Gasteiger partial charge in [0.15, 0.2) is 11.5 Å². The van der Waals surface area contributed by atoms with E-state index in [0.29, 0.717) is 22.8 Å². The summed E-state index contributed by atoms with van der Waals surface area (Å²) in [4.78, 5) is 0. The Morgan fingerprint density at radius 1 is 0.880 bits per heavy atom. The average molecular weight is 334 g/mol. The number of aliphatic hydroxyl groups excluding tert-OH is 1. The van der Waals surface area contributed by atoms with Crippen molar-refractivity contribution in [3.63, 3.8) is 0 Å². The lowest BCUT2D eigenvalue weighted by atomic mass is 9.97. The minimum absolute atomic E-state index is 0.101.